The van der Waals surface area contributed by atoms with Crippen molar-refractivity contribution in [3.63, 3.8) is 0 Å². The monoisotopic (exact) mass is 367 g/mol. The molecule has 0 saturated heterocycles. The molecule has 0 bridgehead atoms. The maximum Gasteiger partial charge on any atom is 0.261 e. The number of carbonyl (C=O) groups excluding carboxylic acids is 2. The van der Waals surface area contributed by atoms with Crippen LogP contribution in [0.4, 0.5) is 0 Å². The number of amidine groups is 1. The summed E-state index contributed by atoms with van der Waals surface area (Å²) in [6.07, 6.45) is 2.45. The Labute approximate surface area is 161 Å². The largest absolute Gasteiger partial charge is 0.368 e. The molecule has 2 atom stereocenters. The topological polar surface area (TPSA) is 53.0 Å². The van der Waals surface area contributed by atoms with Gasteiger partial charge >= 0.3 is 0 Å². The molecule has 1 aromatic carbocycles. The van der Waals surface area contributed by atoms with Crippen molar-refractivity contribution >= 4 is 17.5 Å². The number of benzene rings is 1. The van der Waals surface area contributed by atoms with Crippen LogP contribution in [-0.2, 0) is 15.1 Å². The van der Waals surface area contributed by atoms with E-state index in [1.54, 1.807) is 11.9 Å². The van der Waals surface area contributed by atoms with E-state index in [4.69, 9.17) is 4.99 Å². The second kappa shape index (κ2) is 6.63. The lowest BCUT2D eigenvalue weighted by molar-refractivity contribution is -0.134. The fourth-order valence-corrected chi connectivity index (χ4v) is 4.37. The normalized spacial score (nSPS) is 27.9. The van der Waals surface area contributed by atoms with Crippen molar-refractivity contribution in [2.45, 2.75) is 46.6 Å². The van der Waals surface area contributed by atoms with Crippen molar-refractivity contribution in [3.05, 3.63) is 47.2 Å². The van der Waals surface area contributed by atoms with E-state index in [2.05, 4.69) is 11.8 Å². The molecule has 2 aliphatic rings. The van der Waals surface area contributed by atoms with Crippen molar-refractivity contribution in [2.24, 2.45) is 10.4 Å². The minimum absolute atomic E-state index is 0.0365. The number of nitrogens with zero attached hydrogens (tertiary/aromatic N) is 3. The van der Waals surface area contributed by atoms with Gasteiger partial charge in [0.15, 0.2) is 11.3 Å². The van der Waals surface area contributed by atoms with Gasteiger partial charge in [0, 0.05) is 32.0 Å². The van der Waals surface area contributed by atoms with Gasteiger partial charge in [-0.2, -0.15) is 0 Å². The zero-order valence-electron chi connectivity index (χ0n) is 17.2. The van der Waals surface area contributed by atoms with Crippen LogP contribution in [0.25, 0.3) is 0 Å². The van der Waals surface area contributed by atoms with Gasteiger partial charge in [-0.1, -0.05) is 43.7 Å². The Bertz CT molecular complexity index is 857. The van der Waals surface area contributed by atoms with Crippen molar-refractivity contribution in [2.75, 3.05) is 20.1 Å². The number of ketones is 1. The summed E-state index contributed by atoms with van der Waals surface area (Å²) in [6.45, 7) is 11.2. The molecular formula is C22H29N3O2. The number of likely N-dealkylation sites (N-methyl/N-ethyl adjacent to an activating group) is 2. The fourth-order valence-electron chi connectivity index (χ4n) is 4.37. The van der Waals surface area contributed by atoms with Crippen molar-refractivity contribution in [1.82, 2.24) is 9.80 Å². The lowest BCUT2D eigenvalue weighted by Crippen LogP contribution is -2.51. The van der Waals surface area contributed by atoms with E-state index < -0.39 is 11.0 Å². The van der Waals surface area contributed by atoms with Gasteiger partial charge in [0.05, 0.1) is 5.70 Å². The fraction of sp³-hybridized carbons (Fsp3) is 0.500. The molecule has 2 unspecified atom stereocenters. The first-order valence-electron chi connectivity index (χ1n) is 9.63. The summed E-state index contributed by atoms with van der Waals surface area (Å²) in [5.74, 6) is 0.777. The molecule has 0 spiro atoms. The smallest absolute Gasteiger partial charge is 0.261 e. The second-order valence-electron chi connectivity index (χ2n) is 7.84. The third kappa shape index (κ3) is 2.71. The average Bonchev–Trinajstić information content (AvgIpc) is 3.12. The maximum absolute atomic E-state index is 13.6. The Morgan fingerprint density at radius 3 is 2.48 bits per heavy atom. The molecule has 0 N–H and O–H groups in total. The Kier molecular flexibility index (Phi) is 4.74. The zero-order chi connectivity index (χ0) is 20.0. The number of hydrogen-bond acceptors (Lipinski definition) is 4. The highest BCUT2D eigenvalue weighted by molar-refractivity contribution is 6.08. The van der Waals surface area contributed by atoms with E-state index >= 15 is 0 Å². The Hall–Kier alpha value is -2.43. The summed E-state index contributed by atoms with van der Waals surface area (Å²) in [5, 5.41) is 0. The number of allylic oxidation sites excluding steroid dienone is 1. The van der Waals surface area contributed by atoms with Gasteiger partial charge < -0.3 is 9.80 Å². The first kappa shape index (κ1) is 19.3. The SMILES string of the molecule is CCC(=O)C1=CC(C)(C2(c3cccc(C)c3)N=C(C)N(C)C2=O)CN1CC. The summed E-state index contributed by atoms with van der Waals surface area (Å²) in [6, 6.07) is 8.02. The third-order valence-electron chi connectivity index (χ3n) is 6.00. The quantitative estimate of drug-likeness (QED) is 0.802. The van der Waals surface area contributed by atoms with Crippen molar-refractivity contribution < 1.29 is 9.59 Å². The molecular weight excluding hydrogens is 338 g/mol. The first-order valence-corrected chi connectivity index (χ1v) is 9.63. The van der Waals surface area contributed by atoms with Gasteiger partial charge in [-0.25, -0.2) is 4.99 Å². The predicted molar refractivity (Wildman–Crippen MR) is 107 cm³/mol. The van der Waals surface area contributed by atoms with E-state index in [9.17, 15) is 9.59 Å². The van der Waals surface area contributed by atoms with Crippen LogP contribution in [0.5, 0.6) is 0 Å². The standard InChI is InChI=1S/C22H29N3O2/c1-7-19(26)18-13-21(5,14-25(18)8-2)22(17-11-9-10-15(3)12-17)20(27)24(6)16(4)23-22/h9-13H,7-8,14H2,1-6H3. The zero-order valence-corrected chi connectivity index (χ0v) is 17.2. The molecule has 3 rings (SSSR count). The Balaban J connectivity index is 2.26. The van der Waals surface area contributed by atoms with E-state index in [1.807, 2.05) is 58.0 Å². The van der Waals surface area contributed by atoms with Crippen LogP contribution in [0.2, 0.25) is 0 Å². The third-order valence-corrected chi connectivity index (χ3v) is 6.00. The molecule has 1 amide bonds. The van der Waals surface area contributed by atoms with E-state index in [1.165, 1.54) is 0 Å². The summed E-state index contributed by atoms with van der Waals surface area (Å²) < 4.78 is 0. The van der Waals surface area contributed by atoms with E-state index in [-0.39, 0.29) is 11.7 Å². The van der Waals surface area contributed by atoms with Gasteiger partial charge in [0.1, 0.15) is 5.84 Å². The lowest BCUT2D eigenvalue weighted by atomic mass is 9.67. The number of aryl methyl sites for hydroxylation is 1. The molecule has 5 nitrogen and oxygen atoms in total. The second-order valence-corrected chi connectivity index (χ2v) is 7.84. The molecule has 0 saturated carbocycles. The van der Waals surface area contributed by atoms with E-state index in [0.29, 0.717) is 24.5 Å². The average molecular weight is 367 g/mol. The highest BCUT2D eigenvalue weighted by atomic mass is 16.2. The predicted octanol–water partition coefficient (Wildman–Crippen LogP) is 3.29. The van der Waals surface area contributed by atoms with Crippen LogP contribution < -0.4 is 0 Å². The number of hydrogen-bond donors (Lipinski definition) is 0. The number of Topliss-reactive ketones (excluding diaryl/α,β-unsaturated/α-hetero) is 1. The first-order chi connectivity index (χ1) is 12.7. The Morgan fingerprint density at radius 2 is 1.96 bits per heavy atom. The number of aliphatic imine (C=N–C) groups is 1. The van der Waals surface area contributed by atoms with Crippen LogP contribution in [-0.4, -0.2) is 47.5 Å². The number of carbonyl (C=O) groups is 2. The van der Waals surface area contributed by atoms with Crippen LogP contribution >= 0.6 is 0 Å². The van der Waals surface area contributed by atoms with Gasteiger partial charge in [0.25, 0.3) is 5.91 Å². The molecule has 1 aromatic rings. The summed E-state index contributed by atoms with van der Waals surface area (Å²) >= 11 is 0. The van der Waals surface area contributed by atoms with Gasteiger partial charge in [-0.05, 0) is 32.4 Å². The lowest BCUT2D eigenvalue weighted by Gasteiger charge is -2.40. The summed E-state index contributed by atoms with van der Waals surface area (Å²) in [7, 11) is 1.77. The van der Waals surface area contributed by atoms with Crippen LogP contribution in [0.1, 0.15) is 45.2 Å². The number of rotatable bonds is 5. The van der Waals surface area contributed by atoms with Gasteiger partial charge in [-0.15, -0.1) is 0 Å². The maximum atomic E-state index is 13.6. The number of amides is 1. The van der Waals surface area contributed by atoms with Gasteiger partial charge in [0.2, 0.25) is 0 Å². The molecule has 2 aliphatic heterocycles. The molecule has 144 valence electrons. The van der Waals surface area contributed by atoms with Gasteiger partial charge in [-0.3, -0.25) is 9.59 Å². The molecule has 2 heterocycles. The van der Waals surface area contributed by atoms with Crippen LogP contribution in [0.3, 0.4) is 0 Å². The van der Waals surface area contributed by atoms with E-state index in [0.717, 1.165) is 17.7 Å². The van der Waals surface area contributed by atoms with Crippen molar-refractivity contribution in [1.29, 1.82) is 0 Å². The molecule has 0 fully saturated rings. The molecule has 27 heavy (non-hydrogen) atoms. The Morgan fingerprint density at radius 1 is 1.26 bits per heavy atom. The van der Waals surface area contributed by atoms with Crippen LogP contribution in [0, 0.1) is 12.3 Å². The molecule has 0 aromatic heterocycles. The van der Waals surface area contributed by atoms with Crippen molar-refractivity contribution in [3.8, 4) is 0 Å². The summed E-state index contributed by atoms with van der Waals surface area (Å²) in [4.78, 5) is 34.8. The molecule has 0 aliphatic carbocycles. The summed E-state index contributed by atoms with van der Waals surface area (Å²) in [5.41, 5.74) is 1.02. The minimum Gasteiger partial charge on any atom is -0.368 e. The van der Waals surface area contributed by atoms with Crippen LogP contribution in [0.15, 0.2) is 41.0 Å². The minimum atomic E-state index is -1.05. The highest BCUT2D eigenvalue weighted by Gasteiger charge is 2.61. The molecule has 0 radical (unpaired) electrons. The molecule has 5 heteroatoms. The highest BCUT2D eigenvalue weighted by Crippen LogP contribution is 2.52.